The Kier molecular flexibility index (Phi) is 7.67. The molecule has 0 saturated carbocycles. The number of aromatic nitrogens is 2. The van der Waals surface area contributed by atoms with Gasteiger partial charge in [-0.15, -0.1) is 0 Å². The lowest BCUT2D eigenvalue weighted by Gasteiger charge is -2.34. The van der Waals surface area contributed by atoms with Crippen LogP contribution in [0.5, 0.6) is 0 Å². The molecule has 0 aromatic carbocycles. The molecule has 3 aliphatic rings. The maximum atomic E-state index is 13.2. The van der Waals surface area contributed by atoms with Gasteiger partial charge in [-0.05, 0) is 37.8 Å². The molecule has 0 atom stereocenters. The first-order chi connectivity index (χ1) is 16.7. The summed E-state index contributed by atoms with van der Waals surface area (Å²) in [5, 5.41) is 4.25. The first kappa shape index (κ1) is 23.6. The van der Waals surface area contributed by atoms with Crippen molar-refractivity contribution in [1.29, 1.82) is 0 Å². The van der Waals surface area contributed by atoms with Crippen molar-refractivity contribution in [3.05, 3.63) is 23.9 Å². The Balaban J connectivity index is 1.16. The standard InChI is InChI=1S/C26H40N6O2/c1-29-20-23(22-6-7-24(28-25(22)29)32-10-4-2-3-5-11-32)26(33)27-21-8-12-30(13-9-21)14-15-31-16-18-34-19-17-31/h6-7,20-21H,2-5,8-19H2,1H3,(H,27,33). The van der Waals surface area contributed by atoms with E-state index in [1.807, 2.05) is 17.8 Å². The molecule has 34 heavy (non-hydrogen) atoms. The van der Waals surface area contributed by atoms with E-state index < -0.39 is 0 Å². The fraction of sp³-hybridized carbons (Fsp3) is 0.692. The quantitative estimate of drug-likeness (QED) is 0.703. The first-order valence-corrected chi connectivity index (χ1v) is 13.2. The van der Waals surface area contributed by atoms with Gasteiger partial charge in [0.1, 0.15) is 11.5 Å². The number of fused-ring (bicyclic) bond motifs is 1. The average Bonchev–Trinajstić information content (AvgIpc) is 3.03. The number of morpholine rings is 1. The van der Waals surface area contributed by atoms with Gasteiger partial charge in [-0.25, -0.2) is 4.98 Å². The van der Waals surface area contributed by atoms with Crippen LogP contribution in [0.15, 0.2) is 18.3 Å². The molecular weight excluding hydrogens is 428 g/mol. The third kappa shape index (κ3) is 5.56. The Morgan fingerprint density at radius 3 is 2.35 bits per heavy atom. The van der Waals surface area contributed by atoms with Crippen molar-refractivity contribution >= 4 is 22.8 Å². The van der Waals surface area contributed by atoms with Gasteiger partial charge in [0.15, 0.2) is 0 Å². The molecule has 5 heterocycles. The number of hydrogen-bond acceptors (Lipinski definition) is 6. The Hall–Kier alpha value is -2.16. The van der Waals surface area contributed by atoms with E-state index in [1.54, 1.807) is 0 Å². The van der Waals surface area contributed by atoms with Crippen molar-refractivity contribution in [3.63, 3.8) is 0 Å². The predicted molar refractivity (Wildman–Crippen MR) is 136 cm³/mol. The lowest BCUT2D eigenvalue weighted by atomic mass is 10.0. The van der Waals surface area contributed by atoms with Crippen molar-refractivity contribution in [2.45, 2.75) is 44.6 Å². The van der Waals surface area contributed by atoms with E-state index in [4.69, 9.17) is 9.72 Å². The van der Waals surface area contributed by atoms with Crippen LogP contribution in [0.2, 0.25) is 0 Å². The first-order valence-electron chi connectivity index (χ1n) is 13.2. The number of anilines is 1. The van der Waals surface area contributed by atoms with Crippen molar-refractivity contribution in [2.24, 2.45) is 7.05 Å². The lowest BCUT2D eigenvalue weighted by Crippen LogP contribution is -2.47. The highest BCUT2D eigenvalue weighted by Gasteiger charge is 2.24. The van der Waals surface area contributed by atoms with Crippen LogP contribution in [0.25, 0.3) is 11.0 Å². The Bertz CT molecular complexity index is 954. The summed E-state index contributed by atoms with van der Waals surface area (Å²) in [7, 11) is 1.99. The third-order valence-corrected chi connectivity index (χ3v) is 7.74. The van der Waals surface area contributed by atoms with Crippen molar-refractivity contribution in [1.82, 2.24) is 24.7 Å². The Labute approximate surface area is 203 Å². The third-order valence-electron chi connectivity index (χ3n) is 7.74. The van der Waals surface area contributed by atoms with Gasteiger partial charge in [0.2, 0.25) is 0 Å². The van der Waals surface area contributed by atoms with Crippen LogP contribution in [-0.2, 0) is 11.8 Å². The molecule has 0 bridgehead atoms. The van der Waals surface area contributed by atoms with Crippen LogP contribution in [0.4, 0.5) is 5.82 Å². The normalized spacial score (nSPS) is 21.6. The zero-order valence-electron chi connectivity index (χ0n) is 20.7. The molecule has 0 unspecified atom stereocenters. The molecule has 0 radical (unpaired) electrons. The summed E-state index contributed by atoms with van der Waals surface area (Å²) in [6.07, 6.45) is 9.03. The molecule has 0 spiro atoms. The van der Waals surface area contributed by atoms with Crippen LogP contribution in [0.1, 0.15) is 48.9 Å². The van der Waals surface area contributed by atoms with Crippen molar-refractivity contribution in [2.75, 3.05) is 70.5 Å². The lowest BCUT2D eigenvalue weighted by molar-refractivity contribution is 0.0319. The van der Waals surface area contributed by atoms with E-state index in [1.165, 1.54) is 25.7 Å². The van der Waals surface area contributed by atoms with Crippen molar-refractivity contribution < 1.29 is 9.53 Å². The number of carbonyl (C=O) groups is 1. The summed E-state index contributed by atoms with van der Waals surface area (Å²) in [6, 6.07) is 4.43. The SMILES string of the molecule is Cn1cc(C(=O)NC2CCN(CCN3CCOCC3)CC2)c2ccc(N3CCCCCC3)nc21. The van der Waals surface area contributed by atoms with Crippen LogP contribution in [0.3, 0.4) is 0 Å². The molecule has 1 amide bonds. The van der Waals surface area contributed by atoms with Gasteiger partial charge in [-0.2, -0.15) is 0 Å². The summed E-state index contributed by atoms with van der Waals surface area (Å²) in [5.41, 5.74) is 1.63. The molecular formula is C26H40N6O2. The summed E-state index contributed by atoms with van der Waals surface area (Å²) < 4.78 is 7.44. The zero-order chi connectivity index (χ0) is 23.3. The largest absolute Gasteiger partial charge is 0.379 e. The Morgan fingerprint density at radius 1 is 0.971 bits per heavy atom. The molecule has 3 aliphatic heterocycles. The smallest absolute Gasteiger partial charge is 0.253 e. The van der Waals surface area contributed by atoms with Gasteiger partial charge in [0.05, 0.1) is 18.8 Å². The topological polar surface area (TPSA) is 65.9 Å². The average molecular weight is 469 g/mol. The fourth-order valence-corrected chi connectivity index (χ4v) is 5.57. The number of aryl methyl sites for hydroxylation is 1. The van der Waals surface area contributed by atoms with Crippen LogP contribution in [0, 0.1) is 0 Å². The van der Waals surface area contributed by atoms with E-state index in [-0.39, 0.29) is 11.9 Å². The Morgan fingerprint density at radius 2 is 1.65 bits per heavy atom. The molecule has 1 N–H and O–H groups in total. The highest BCUT2D eigenvalue weighted by molar-refractivity contribution is 6.06. The summed E-state index contributed by atoms with van der Waals surface area (Å²) >= 11 is 0. The fourth-order valence-electron chi connectivity index (χ4n) is 5.57. The number of likely N-dealkylation sites (tertiary alicyclic amines) is 1. The maximum Gasteiger partial charge on any atom is 0.253 e. The molecule has 2 aromatic heterocycles. The number of nitrogens with zero attached hydrogens (tertiary/aromatic N) is 5. The van der Waals surface area contributed by atoms with Gasteiger partial charge >= 0.3 is 0 Å². The number of carbonyl (C=O) groups excluding carboxylic acids is 1. The molecule has 3 fully saturated rings. The molecule has 2 aromatic rings. The predicted octanol–water partition coefficient (Wildman–Crippen LogP) is 2.48. The van der Waals surface area contributed by atoms with E-state index in [0.717, 1.165) is 101 Å². The second-order valence-corrected chi connectivity index (χ2v) is 10.1. The number of rotatable bonds is 6. The summed E-state index contributed by atoms with van der Waals surface area (Å²) in [6.45, 7) is 10.3. The number of pyridine rings is 1. The number of hydrogen-bond donors (Lipinski definition) is 1. The van der Waals surface area contributed by atoms with Crippen molar-refractivity contribution in [3.8, 4) is 0 Å². The minimum atomic E-state index is 0.0293. The van der Waals surface area contributed by atoms with Crippen LogP contribution >= 0.6 is 0 Å². The monoisotopic (exact) mass is 468 g/mol. The molecule has 3 saturated heterocycles. The zero-order valence-corrected chi connectivity index (χ0v) is 20.7. The van der Waals surface area contributed by atoms with Crippen LogP contribution in [-0.4, -0.2) is 96.9 Å². The number of amides is 1. The van der Waals surface area contributed by atoms with Gasteiger partial charge < -0.3 is 24.4 Å². The molecule has 5 rings (SSSR count). The highest BCUT2D eigenvalue weighted by Crippen LogP contribution is 2.25. The van der Waals surface area contributed by atoms with E-state index in [0.29, 0.717) is 0 Å². The van der Waals surface area contributed by atoms with E-state index in [9.17, 15) is 4.79 Å². The van der Waals surface area contributed by atoms with E-state index >= 15 is 0 Å². The summed E-state index contributed by atoms with van der Waals surface area (Å²) in [5.74, 6) is 1.06. The summed E-state index contributed by atoms with van der Waals surface area (Å²) in [4.78, 5) is 25.6. The second kappa shape index (κ2) is 11.1. The maximum absolute atomic E-state index is 13.2. The van der Waals surface area contributed by atoms with E-state index in [2.05, 4.69) is 32.1 Å². The minimum Gasteiger partial charge on any atom is -0.379 e. The molecule has 0 aliphatic carbocycles. The van der Waals surface area contributed by atoms with Gasteiger partial charge in [0, 0.05) is 77.0 Å². The van der Waals surface area contributed by atoms with Gasteiger partial charge in [-0.3, -0.25) is 9.69 Å². The number of nitrogens with one attached hydrogen (secondary N) is 1. The number of piperidine rings is 1. The van der Waals surface area contributed by atoms with Gasteiger partial charge in [0.25, 0.3) is 5.91 Å². The minimum absolute atomic E-state index is 0.0293. The molecule has 186 valence electrons. The highest BCUT2D eigenvalue weighted by atomic mass is 16.5. The second-order valence-electron chi connectivity index (χ2n) is 10.1. The molecule has 8 heteroatoms. The van der Waals surface area contributed by atoms with Gasteiger partial charge in [-0.1, -0.05) is 12.8 Å². The van der Waals surface area contributed by atoms with Crippen LogP contribution < -0.4 is 10.2 Å². The number of ether oxygens (including phenoxy) is 1. The molecule has 8 nitrogen and oxygen atoms in total.